The van der Waals surface area contributed by atoms with Crippen molar-refractivity contribution in [2.24, 2.45) is 0 Å². The number of nitrogens with zero attached hydrogens (tertiary/aromatic N) is 1. The summed E-state index contributed by atoms with van der Waals surface area (Å²) in [6.07, 6.45) is -0.489. The van der Waals surface area contributed by atoms with Crippen LogP contribution in [0.15, 0.2) is 48.5 Å². The van der Waals surface area contributed by atoms with Crippen molar-refractivity contribution in [2.75, 3.05) is 26.3 Å². The lowest BCUT2D eigenvalue weighted by Gasteiger charge is -2.26. The van der Waals surface area contributed by atoms with Gasteiger partial charge in [-0.25, -0.2) is 0 Å². The monoisotopic (exact) mass is 311 g/mol. The van der Waals surface area contributed by atoms with Crippen molar-refractivity contribution < 1.29 is 14.6 Å². The van der Waals surface area contributed by atoms with E-state index in [1.54, 1.807) is 6.92 Å². The Kier molecular flexibility index (Phi) is 4.74. The fraction of sp³-hybridized carbons (Fsp3) is 0.316. The quantitative estimate of drug-likeness (QED) is 0.948. The summed E-state index contributed by atoms with van der Waals surface area (Å²) >= 11 is 0. The van der Waals surface area contributed by atoms with Gasteiger partial charge in [0.1, 0.15) is 0 Å². The van der Waals surface area contributed by atoms with Crippen LogP contribution in [0.5, 0.6) is 0 Å². The number of benzene rings is 2. The van der Waals surface area contributed by atoms with E-state index in [0.29, 0.717) is 31.9 Å². The van der Waals surface area contributed by atoms with E-state index < -0.39 is 6.10 Å². The highest BCUT2D eigenvalue weighted by Crippen LogP contribution is 2.24. The molecule has 0 aromatic heterocycles. The van der Waals surface area contributed by atoms with Gasteiger partial charge < -0.3 is 14.7 Å². The van der Waals surface area contributed by atoms with Gasteiger partial charge in [0.15, 0.2) is 0 Å². The topological polar surface area (TPSA) is 49.8 Å². The van der Waals surface area contributed by atoms with Gasteiger partial charge in [0.25, 0.3) is 5.91 Å². The van der Waals surface area contributed by atoms with Gasteiger partial charge in [0.2, 0.25) is 0 Å². The third-order valence-corrected chi connectivity index (χ3v) is 4.13. The van der Waals surface area contributed by atoms with Crippen LogP contribution in [0.1, 0.15) is 28.9 Å². The molecule has 4 nitrogen and oxygen atoms in total. The van der Waals surface area contributed by atoms with Crippen LogP contribution < -0.4 is 0 Å². The molecule has 0 radical (unpaired) electrons. The fourth-order valence-corrected chi connectivity index (χ4v) is 2.73. The average Bonchev–Trinajstić information content (AvgIpc) is 2.62. The molecule has 0 aliphatic carbocycles. The number of carbonyl (C=O) groups excluding carboxylic acids is 1. The maximum absolute atomic E-state index is 12.4. The molecule has 1 heterocycles. The number of aliphatic hydroxyl groups is 1. The van der Waals surface area contributed by atoms with Gasteiger partial charge in [-0.05, 0) is 41.8 Å². The second-order valence-electron chi connectivity index (χ2n) is 5.78. The molecular formula is C19H21NO3. The van der Waals surface area contributed by atoms with Crippen LogP contribution in [0.3, 0.4) is 0 Å². The SMILES string of the molecule is C[C@H](O)c1cccc(-c2ccc(C(=O)N3CCOCC3)cc2)c1. The van der Waals surface area contributed by atoms with Crippen LogP contribution in [0.4, 0.5) is 0 Å². The fourth-order valence-electron chi connectivity index (χ4n) is 2.73. The normalized spacial score (nSPS) is 16.2. The summed E-state index contributed by atoms with van der Waals surface area (Å²) in [6.45, 7) is 4.27. The predicted molar refractivity (Wildman–Crippen MR) is 89.2 cm³/mol. The summed E-state index contributed by atoms with van der Waals surface area (Å²) in [4.78, 5) is 14.3. The largest absolute Gasteiger partial charge is 0.389 e. The molecule has 1 aliphatic rings. The summed E-state index contributed by atoms with van der Waals surface area (Å²) in [6, 6.07) is 15.5. The van der Waals surface area contributed by atoms with Crippen LogP contribution in [-0.4, -0.2) is 42.2 Å². The number of carbonyl (C=O) groups is 1. The van der Waals surface area contributed by atoms with Crippen molar-refractivity contribution in [1.82, 2.24) is 4.90 Å². The Balaban J connectivity index is 1.79. The molecule has 1 amide bonds. The summed E-state index contributed by atoms with van der Waals surface area (Å²) in [5, 5.41) is 9.70. The molecule has 1 aliphatic heterocycles. The number of hydrogen-bond acceptors (Lipinski definition) is 3. The molecule has 1 atom stereocenters. The third-order valence-electron chi connectivity index (χ3n) is 4.13. The van der Waals surface area contributed by atoms with Crippen LogP contribution >= 0.6 is 0 Å². The first-order valence-corrected chi connectivity index (χ1v) is 7.90. The van der Waals surface area contributed by atoms with E-state index in [2.05, 4.69) is 0 Å². The first-order chi connectivity index (χ1) is 11.1. The first kappa shape index (κ1) is 15.7. The Hall–Kier alpha value is -2.17. The summed E-state index contributed by atoms with van der Waals surface area (Å²) < 4.78 is 5.28. The molecule has 1 saturated heterocycles. The van der Waals surface area contributed by atoms with E-state index in [1.807, 2.05) is 53.4 Å². The van der Waals surface area contributed by atoms with Crippen molar-refractivity contribution in [3.05, 3.63) is 59.7 Å². The van der Waals surface area contributed by atoms with Gasteiger partial charge >= 0.3 is 0 Å². The highest BCUT2D eigenvalue weighted by atomic mass is 16.5. The second-order valence-corrected chi connectivity index (χ2v) is 5.78. The predicted octanol–water partition coefficient (Wildman–Crippen LogP) is 2.88. The molecule has 0 unspecified atom stereocenters. The number of hydrogen-bond donors (Lipinski definition) is 1. The van der Waals surface area contributed by atoms with Gasteiger partial charge in [-0.15, -0.1) is 0 Å². The number of ether oxygens (including phenoxy) is 1. The smallest absolute Gasteiger partial charge is 0.254 e. The molecule has 1 fully saturated rings. The molecular weight excluding hydrogens is 290 g/mol. The second kappa shape index (κ2) is 6.94. The molecule has 0 bridgehead atoms. The number of aliphatic hydroxyl groups excluding tert-OH is 1. The van der Waals surface area contributed by atoms with E-state index in [0.717, 1.165) is 16.7 Å². The van der Waals surface area contributed by atoms with E-state index in [9.17, 15) is 9.90 Å². The Morgan fingerprint density at radius 3 is 2.43 bits per heavy atom. The Morgan fingerprint density at radius 2 is 1.78 bits per heavy atom. The molecule has 2 aromatic rings. The standard InChI is InChI=1S/C19H21NO3/c1-14(21)17-3-2-4-18(13-17)15-5-7-16(8-6-15)19(22)20-9-11-23-12-10-20/h2-8,13-14,21H,9-12H2,1H3/t14-/m0/s1. The van der Waals surface area contributed by atoms with E-state index in [-0.39, 0.29) is 5.91 Å². The van der Waals surface area contributed by atoms with Crippen molar-refractivity contribution in [2.45, 2.75) is 13.0 Å². The van der Waals surface area contributed by atoms with Crippen LogP contribution in [-0.2, 0) is 4.74 Å². The zero-order valence-electron chi connectivity index (χ0n) is 13.2. The summed E-state index contributed by atoms with van der Waals surface area (Å²) in [5.41, 5.74) is 3.65. The maximum atomic E-state index is 12.4. The molecule has 23 heavy (non-hydrogen) atoms. The van der Waals surface area contributed by atoms with Gasteiger partial charge in [0.05, 0.1) is 19.3 Å². The number of rotatable bonds is 3. The number of amides is 1. The van der Waals surface area contributed by atoms with Gasteiger partial charge in [0, 0.05) is 18.7 Å². The highest BCUT2D eigenvalue weighted by Gasteiger charge is 2.18. The number of morpholine rings is 1. The molecule has 0 saturated carbocycles. The van der Waals surface area contributed by atoms with Crippen LogP contribution in [0.2, 0.25) is 0 Å². The van der Waals surface area contributed by atoms with Crippen molar-refractivity contribution >= 4 is 5.91 Å². The van der Waals surface area contributed by atoms with Crippen LogP contribution in [0.25, 0.3) is 11.1 Å². The zero-order chi connectivity index (χ0) is 16.2. The first-order valence-electron chi connectivity index (χ1n) is 7.90. The van der Waals surface area contributed by atoms with Gasteiger partial charge in [-0.1, -0.05) is 30.3 Å². The Bertz CT molecular complexity index is 673. The van der Waals surface area contributed by atoms with Gasteiger partial charge in [-0.2, -0.15) is 0 Å². The third kappa shape index (κ3) is 3.60. The van der Waals surface area contributed by atoms with E-state index in [1.165, 1.54) is 0 Å². The molecule has 2 aromatic carbocycles. The minimum absolute atomic E-state index is 0.0533. The summed E-state index contributed by atoms with van der Waals surface area (Å²) in [7, 11) is 0. The van der Waals surface area contributed by atoms with Crippen molar-refractivity contribution in [1.29, 1.82) is 0 Å². The Labute approximate surface area is 136 Å². The minimum Gasteiger partial charge on any atom is -0.389 e. The molecule has 0 spiro atoms. The zero-order valence-corrected chi connectivity index (χ0v) is 13.2. The minimum atomic E-state index is -0.489. The van der Waals surface area contributed by atoms with Crippen molar-refractivity contribution in [3.8, 4) is 11.1 Å². The van der Waals surface area contributed by atoms with Crippen molar-refractivity contribution in [3.63, 3.8) is 0 Å². The lowest BCUT2D eigenvalue weighted by Crippen LogP contribution is -2.40. The Morgan fingerprint density at radius 1 is 1.09 bits per heavy atom. The molecule has 1 N–H and O–H groups in total. The lowest BCUT2D eigenvalue weighted by molar-refractivity contribution is 0.0303. The molecule has 120 valence electrons. The van der Waals surface area contributed by atoms with Gasteiger partial charge in [-0.3, -0.25) is 4.79 Å². The molecule has 4 heteroatoms. The average molecular weight is 311 g/mol. The highest BCUT2D eigenvalue weighted by molar-refractivity contribution is 5.94. The lowest BCUT2D eigenvalue weighted by atomic mass is 10.00. The van der Waals surface area contributed by atoms with E-state index >= 15 is 0 Å². The van der Waals surface area contributed by atoms with E-state index in [4.69, 9.17) is 4.74 Å². The maximum Gasteiger partial charge on any atom is 0.254 e. The summed E-state index contributed by atoms with van der Waals surface area (Å²) in [5.74, 6) is 0.0533. The van der Waals surface area contributed by atoms with Crippen LogP contribution in [0, 0.1) is 0 Å². The molecule has 3 rings (SSSR count).